The van der Waals surface area contributed by atoms with Crippen molar-refractivity contribution < 1.29 is 41.5 Å². The Morgan fingerprint density at radius 1 is 0.970 bits per heavy atom. The summed E-state index contributed by atoms with van der Waals surface area (Å²) in [4.78, 5) is 24.1. The molecule has 180 valence electrons. The maximum atomic E-state index is 12.7. The van der Waals surface area contributed by atoms with Gasteiger partial charge in [-0.15, -0.1) is 0 Å². The van der Waals surface area contributed by atoms with Gasteiger partial charge in [-0.1, -0.05) is 24.3 Å². The third kappa shape index (κ3) is 7.99. The molecule has 0 aliphatic carbocycles. The number of carbonyl (C=O) groups excluding carboxylic acids is 1. The van der Waals surface area contributed by atoms with Crippen LogP contribution in [-0.2, 0) is 37.2 Å². The number of benzene rings is 2. The molecule has 7 nitrogen and oxygen atoms in total. The van der Waals surface area contributed by atoms with E-state index in [0.717, 1.165) is 12.1 Å². The molecule has 0 saturated carbocycles. The second-order valence-electron chi connectivity index (χ2n) is 7.06. The number of amides is 1. The molecule has 0 heterocycles. The molecule has 33 heavy (non-hydrogen) atoms. The largest absolute Gasteiger partial charge is 0.480 e. The summed E-state index contributed by atoms with van der Waals surface area (Å²) >= 11 is 0. The van der Waals surface area contributed by atoms with Gasteiger partial charge in [0, 0.05) is 12.0 Å². The fraction of sp³-hybridized carbons (Fsp3) is 0.364. The Labute approximate surface area is 189 Å². The predicted octanol–water partition coefficient (Wildman–Crippen LogP) is 4.90. The first kappa shape index (κ1) is 26.6. The molecule has 2 aromatic carbocycles. The highest BCUT2D eigenvalue weighted by molar-refractivity contribution is 7.53. The summed E-state index contributed by atoms with van der Waals surface area (Å²) in [6.07, 6.45) is -4.67. The van der Waals surface area contributed by atoms with E-state index in [1.807, 2.05) is 0 Å². The van der Waals surface area contributed by atoms with Gasteiger partial charge in [0.05, 0.1) is 24.9 Å². The first-order chi connectivity index (χ1) is 15.5. The highest BCUT2D eigenvalue weighted by Gasteiger charge is 2.30. The van der Waals surface area contributed by atoms with E-state index in [1.54, 1.807) is 26.0 Å². The van der Waals surface area contributed by atoms with E-state index in [9.17, 15) is 32.4 Å². The Kier molecular flexibility index (Phi) is 9.22. The summed E-state index contributed by atoms with van der Waals surface area (Å²) in [5.74, 6) is -1.99. The maximum Gasteiger partial charge on any atom is 0.416 e. The highest BCUT2D eigenvalue weighted by Crippen LogP contribution is 2.51. The van der Waals surface area contributed by atoms with Crippen molar-refractivity contribution in [3.63, 3.8) is 0 Å². The average Bonchev–Trinajstić information content (AvgIpc) is 2.73. The molecular formula is C22H25F3NO6P. The predicted molar refractivity (Wildman–Crippen MR) is 115 cm³/mol. The number of nitrogens with one attached hydrogen (secondary N) is 1. The molecule has 2 rings (SSSR count). The molecule has 11 heteroatoms. The van der Waals surface area contributed by atoms with Crippen molar-refractivity contribution in [2.24, 2.45) is 0 Å². The lowest BCUT2D eigenvalue weighted by Gasteiger charge is -2.17. The molecule has 0 spiro atoms. The average molecular weight is 487 g/mol. The van der Waals surface area contributed by atoms with Crippen LogP contribution in [0.1, 0.15) is 40.9 Å². The van der Waals surface area contributed by atoms with E-state index in [4.69, 9.17) is 9.05 Å². The van der Waals surface area contributed by atoms with Crippen molar-refractivity contribution in [2.45, 2.75) is 38.6 Å². The molecule has 1 amide bonds. The van der Waals surface area contributed by atoms with Gasteiger partial charge in [0.15, 0.2) is 0 Å². The summed E-state index contributed by atoms with van der Waals surface area (Å²) in [5.41, 5.74) is 0.255. The van der Waals surface area contributed by atoms with Crippen LogP contribution in [-0.4, -0.2) is 36.2 Å². The minimum absolute atomic E-state index is 0.0161. The van der Waals surface area contributed by atoms with Gasteiger partial charge >= 0.3 is 19.7 Å². The van der Waals surface area contributed by atoms with Crippen molar-refractivity contribution >= 4 is 19.5 Å². The Morgan fingerprint density at radius 3 is 1.94 bits per heavy atom. The van der Waals surface area contributed by atoms with Crippen LogP contribution in [0.4, 0.5) is 13.2 Å². The van der Waals surface area contributed by atoms with Crippen LogP contribution in [0.3, 0.4) is 0 Å². The number of carboxylic acid groups (broad SMARTS) is 1. The van der Waals surface area contributed by atoms with Crippen LogP contribution in [0.15, 0.2) is 48.5 Å². The Morgan fingerprint density at radius 2 is 1.48 bits per heavy atom. The second kappa shape index (κ2) is 11.4. The van der Waals surface area contributed by atoms with E-state index in [1.165, 1.54) is 24.3 Å². The number of hydrogen-bond donors (Lipinski definition) is 2. The summed E-state index contributed by atoms with van der Waals surface area (Å²) < 4.78 is 61.2. The van der Waals surface area contributed by atoms with Gasteiger partial charge in [-0.25, -0.2) is 4.79 Å². The maximum absolute atomic E-state index is 12.7. The van der Waals surface area contributed by atoms with Crippen LogP contribution < -0.4 is 5.32 Å². The summed E-state index contributed by atoms with van der Waals surface area (Å²) in [6.45, 7) is 3.83. The molecule has 0 aliphatic heterocycles. The first-order valence-corrected chi connectivity index (χ1v) is 11.9. The molecular weight excluding hydrogens is 462 g/mol. The van der Waals surface area contributed by atoms with E-state index >= 15 is 0 Å². The zero-order valence-electron chi connectivity index (χ0n) is 18.1. The van der Waals surface area contributed by atoms with Gasteiger partial charge in [-0.05, 0) is 49.2 Å². The number of hydrogen-bond acceptors (Lipinski definition) is 5. The van der Waals surface area contributed by atoms with Gasteiger partial charge in [-0.2, -0.15) is 13.2 Å². The van der Waals surface area contributed by atoms with E-state index in [-0.39, 0.29) is 31.4 Å². The fourth-order valence-corrected chi connectivity index (χ4v) is 4.72. The third-order valence-electron chi connectivity index (χ3n) is 4.57. The number of carbonyl (C=O) groups is 2. The normalized spacial score (nSPS) is 12.9. The highest BCUT2D eigenvalue weighted by atomic mass is 31.2. The first-order valence-electron chi connectivity index (χ1n) is 10.1. The SMILES string of the molecule is CCOP(=O)(Cc1ccc(C(=O)N[C@@H](Cc2ccc(C(F)(F)F)cc2)C(=O)O)cc1)OCC. The number of carboxylic acids is 1. The molecule has 0 aliphatic rings. The van der Waals surface area contributed by atoms with E-state index in [0.29, 0.717) is 11.1 Å². The molecule has 0 radical (unpaired) electrons. The van der Waals surface area contributed by atoms with Gasteiger partial charge < -0.3 is 19.5 Å². The van der Waals surface area contributed by atoms with Crippen LogP contribution >= 0.6 is 7.60 Å². The van der Waals surface area contributed by atoms with Crippen LogP contribution in [0.5, 0.6) is 0 Å². The Balaban J connectivity index is 2.06. The summed E-state index contributed by atoms with van der Waals surface area (Å²) in [7, 11) is -3.32. The Bertz CT molecular complexity index is 983. The fourth-order valence-electron chi connectivity index (χ4n) is 3.01. The van der Waals surface area contributed by atoms with Gasteiger partial charge in [0.2, 0.25) is 0 Å². The second-order valence-corrected chi connectivity index (χ2v) is 9.12. The smallest absolute Gasteiger partial charge is 0.416 e. The van der Waals surface area contributed by atoms with Gasteiger partial charge in [0.25, 0.3) is 5.91 Å². The minimum Gasteiger partial charge on any atom is -0.480 e. The van der Waals surface area contributed by atoms with Crippen LogP contribution in [0.2, 0.25) is 0 Å². The number of rotatable bonds is 11. The van der Waals surface area contributed by atoms with Crippen molar-refractivity contribution in [1.82, 2.24) is 5.32 Å². The number of halogens is 3. The van der Waals surface area contributed by atoms with E-state index < -0.39 is 37.3 Å². The molecule has 2 N–H and O–H groups in total. The molecule has 0 aromatic heterocycles. The minimum atomic E-state index is -4.50. The molecule has 1 atom stereocenters. The molecule has 0 bridgehead atoms. The zero-order valence-corrected chi connectivity index (χ0v) is 19.0. The standard InChI is InChI=1S/C22H25F3NO6P/c1-3-31-33(30,32-4-2)14-16-5-9-17(10-6-16)20(27)26-19(21(28)29)13-15-7-11-18(12-8-15)22(23,24)25/h5-12,19H,3-4,13-14H2,1-2H3,(H,26,27)(H,28,29)/t19-/m0/s1. The van der Waals surface area contributed by atoms with Gasteiger partial charge in [-0.3, -0.25) is 9.36 Å². The Hall–Kier alpha value is -2.68. The topological polar surface area (TPSA) is 102 Å². The van der Waals surface area contributed by atoms with Crippen molar-refractivity contribution in [3.8, 4) is 0 Å². The van der Waals surface area contributed by atoms with Gasteiger partial charge in [0.1, 0.15) is 6.04 Å². The zero-order chi connectivity index (χ0) is 24.6. The summed E-state index contributed by atoms with van der Waals surface area (Å²) in [5, 5.41) is 11.8. The van der Waals surface area contributed by atoms with Crippen LogP contribution in [0.25, 0.3) is 0 Å². The summed E-state index contributed by atoms with van der Waals surface area (Å²) in [6, 6.07) is 8.74. The monoisotopic (exact) mass is 487 g/mol. The lowest BCUT2D eigenvalue weighted by Crippen LogP contribution is -2.42. The van der Waals surface area contributed by atoms with Crippen molar-refractivity contribution in [1.29, 1.82) is 0 Å². The third-order valence-corrected chi connectivity index (χ3v) is 6.62. The molecule has 0 fully saturated rings. The quantitative estimate of drug-likeness (QED) is 0.438. The number of aliphatic carboxylic acids is 1. The molecule has 2 aromatic rings. The molecule has 0 saturated heterocycles. The lowest BCUT2D eigenvalue weighted by atomic mass is 10.0. The molecule has 0 unspecified atom stereocenters. The van der Waals surface area contributed by atoms with Crippen molar-refractivity contribution in [3.05, 3.63) is 70.8 Å². The van der Waals surface area contributed by atoms with Crippen molar-refractivity contribution in [2.75, 3.05) is 13.2 Å². The lowest BCUT2D eigenvalue weighted by molar-refractivity contribution is -0.139. The number of alkyl halides is 3. The van der Waals surface area contributed by atoms with E-state index in [2.05, 4.69) is 5.32 Å². The van der Waals surface area contributed by atoms with Crippen LogP contribution in [0, 0.1) is 0 Å².